The Bertz CT molecular complexity index is 910. The molecule has 2 aromatic carbocycles. The van der Waals surface area contributed by atoms with E-state index in [2.05, 4.69) is 46.1 Å². The first-order valence-electron chi connectivity index (χ1n) is 9.68. The molecular formula is C22H26N4O. The van der Waals surface area contributed by atoms with Crippen LogP contribution in [0.1, 0.15) is 23.2 Å². The van der Waals surface area contributed by atoms with Gasteiger partial charge in [0.15, 0.2) is 0 Å². The summed E-state index contributed by atoms with van der Waals surface area (Å²) >= 11 is 0. The molecule has 1 fully saturated rings. The van der Waals surface area contributed by atoms with Gasteiger partial charge in [-0.05, 0) is 43.7 Å². The molecule has 140 valence electrons. The first-order chi connectivity index (χ1) is 13.2. The summed E-state index contributed by atoms with van der Waals surface area (Å²) in [5, 5.41) is 0. The van der Waals surface area contributed by atoms with Crippen molar-refractivity contribution in [2.75, 3.05) is 38.1 Å². The van der Waals surface area contributed by atoms with Gasteiger partial charge in [-0.25, -0.2) is 4.98 Å². The van der Waals surface area contributed by atoms with Crippen LogP contribution in [0.15, 0.2) is 54.9 Å². The number of aryl methyl sites for hydroxylation is 1. The fraction of sp³-hybridized carbons (Fsp3) is 0.364. The van der Waals surface area contributed by atoms with Crippen LogP contribution in [0.3, 0.4) is 0 Å². The molecule has 2 heterocycles. The number of benzene rings is 2. The van der Waals surface area contributed by atoms with Crippen LogP contribution in [-0.2, 0) is 6.42 Å². The molecule has 1 aliphatic rings. The van der Waals surface area contributed by atoms with Crippen molar-refractivity contribution in [3.8, 4) is 0 Å². The lowest BCUT2D eigenvalue weighted by atomic mass is 10.1. The standard InChI is InChI=1S/C22H26N4O/c1-24-12-14-25(15-13-24)19-10-11-20-21(16-19)26(17-23-20)22(27)9-5-8-18-6-3-2-4-7-18/h2-4,6-7,10-11,16-17H,5,8-9,12-15H2,1H3. The van der Waals surface area contributed by atoms with Crippen molar-refractivity contribution in [1.29, 1.82) is 0 Å². The molecule has 0 spiro atoms. The highest BCUT2D eigenvalue weighted by Gasteiger charge is 2.16. The zero-order valence-electron chi connectivity index (χ0n) is 15.8. The maximum absolute atomic E-state index is 12.7. The van der Waals surface area contributed by atoms with Crippen LogP contribution in [0, 0.1) is 0 Å². The topological polar surface area (TPSA) is 41.4 Å². The van der Waals surface area contributed by atoms with Gasteiger partial charge in [-0.2, -0.15) is 0 Å². The Morgan fingerprint density at radius 3 is 2.59 bits per heavy atom. The van der Waals surface area contributed by atoms with Crippen molar-refractivity contribution in [3.05, 3.63) is 60.4 Å². The van der Waals surface area contributed by atoms with Crippen LogP contribution in [-0.4, -0.2) is 53.6 Å². The first-order valence-corrected chi connectivity index (χ1v) is 9.68. The molecule has 27 heavy (non-hydrogen) atoms. The Morgan fingerprint density at radius 2 is 1.81 bits per heavy atom. The van der Waals surface area contributed by atoms with Gasteiger partial charge in [-0.3, -0.25) is 9.36 Å². The molecule has 5 nitrogen and oxygen atoms in total. The zero-order chi connectivity index (χ0) is 18.6. The number of fused-ring (bicyclic) bond motifs is 1. The second-order valence-electron chi connectivity index (χ2n) is 7.31. The van der Waals surface area contributed by atoms with Crippen LogP contribution in [0.25, 0.3) is 11.0 Å². The van der Waals surface area contributed by atoms with Crippen molar-refractivity contribution >= 4 is 22.6 Å². The van der Waals surface area contributed by atoms with Crippen LogP contribution in [0.5, 0.6) is 0 Å². The van der Waals surface area contributed by atoms with Gasteiger partial charge in [0.2, 0.25) is 5.91 Å². The zero-order valence-corrected chi connectivity index (χ0v) is 15.8. The van der Waals surface area contributed by atoms with E-state index in [0.717, 1.165) is 50.1 Å². The molecule has 0 atom stereocenters. The third-order valence-corrected chi connectivity index (χ3v) is 5.37. The van der Waals surface area contributed by atoms with E-state index in [1.54, 1.807) is 10.9 Å². The summed E-state index contributed by atoms with van der Waals surface area (Å²) in [6.45, 7) is 4.16. The lowest BCUT2D eigenvalue weighted by molar-refractivity contribution is 0.0905. The van der Waals surface area contributed by atoms with E-state index < -0.39 is 0 Å². The van der Waals surface area contributed by atoms with E-state index in [1.165, 1.54) is 11.3 Å². The summed E-state index contributed by atoms with van der Waals surface area (Å²) in [4.78, 5) is 21.9. The number of carbonyl (C=O) groups excluding carboxylic acids is 1. The molecule has 0 aliphatic carbocycles. The van der Waals surface area contributed by atoms with E-state index in [1.807, 2.05) is 24.3 Å². The minimum atomic E-state index is 0.115. The maximum Gasteiger partial charge on any atom is 0.232 e. The van der Waals surface area contributed by atoms with E-state index >= 15 is 0 Å². The largest absolute Gasteiger partial charge is 0.369 e. The number of carbonyl (C=O) groups is 1. The molecule has 0 amide bonds. The molecule has 1 aliphatic heterocycles. The molecule has 0 unspecified atom stereocenters. The summed E-state index contributed by atoms with van der Waals surface area (Å²) in [5.41, 5.74) is 4.24. The molecule has 5 heteroatoms. The number of rotatable bonds is 5. The van der Waals surface area contributed by atoms with Crippen LogP contribution in [0.4, 0.5) is 5.69 Å². The number of piperazine rings is 1. The van der Waals surface area contributed by atoms with E-state index in [4.69, 9.17) is 0 Å². The first kappa shape index (κ1) is 17.7. The summed E-state index contributed by atoms with van der Waals surface area (Å²) in [6, 6.07) is 16.6. The normalized spacial score (nSPS) is 15.4. The van der Waals surface area contributed by atoms with Gasteiger partial charge in [0.1, 0.15) is 6.33 Å². The van der Waals surface area contributed by atoms with E-state index in [0.29, 0.717) is 6.42 Å². The van der Waals surface area contributed by atoms with Crippen molar-refractivity contribution in [1.82, 2.24) is 14.5 Å². The lowest BCUT2D eigenvalue weighted by Crippen LogP contribution is -2.44. The van der Waals surface area contributed by atoms with Gasteiger partial charge >= 0.3 is 0 Å². The average molecular weight is 362 g/mol. The molecule has 4 rings (SSSR count). The van der Waals surface area contributed by atoms with Crippen molar-refractivity contribution < 1.29 is 4.79 Å². The van der Waals surface area contributed by atoms with Gasteiger partial charge in [-0.15, -0.1) is 0 Å². The molecule has 1 aromatic heterocycles. The SMILES string of the molecule is CN1CCN(c2ccc3ncn(C(=O)CCCc4ccccc4)c3c2)CC1. The van der Waals surface area contributed by atoms with E-state index in [9.17, 15) is 4.79 Å². The van der Waals surface area contributed by atoms with Gasteiger partial charge in [0.05, 0.1) is 11.0 Å². The number of aromatic nitrogens is 2. The average Bonchev–Trinajstić information content (AvgIpc) is 3.12. The number of hydrogen-bond acceptors (Lipinski definition) is 4. The van der Waals surface area contributed by atoms with Crippen LogP contribution >= 0.6 is 0 Å². The summed E-state index contributed by atoms with van der Waals surface area (Å²) in [5.74, 6) is 0.115. The third-order valence-electron chi connectivity index (χ3n) is 5.37. The highest BCUT2D eigenvalue weighted by molar-refractivity contribution is 5.91. The Morgan fingerprint density at radius 1 is 1.04 bits per heavy atom. The third kappa shape index (κ3) is 4.03. The molecule has 0 N–H and O–H groups in total. The van der Waals surface area contributed by atoms with Gasteiger partial charge in [-0.1, -0.05) is 30.3 Å². The second-order valence-corrected chi connectivity index (χ2v) is 7.31. The molecule has 1 saturated heterocycles. The Balaban J connectivity index is 1.46. The van der Waals surface area contributed by atoms with Gasteiger partial charge in [0.25, 0.3) is 0 Å². The Kier molecular flexibility index (Phi) is 5.21. The predicted molar refractivity (Wildman–Crippen MR) is 109 cm³/mol. The number of anilines is 1. The van der Waals surface area contributed by atoms with Gasteiger partial charge < -0.3 is 9.80 Å². The molecule has 0 radical (unpaired) electrons. The van der Waals surface area contributed by atoms with Gasteiger partial charge in [0, 0.05) is 38.3 Å². The Labute approximate surface area is 160 Å². The van der Waals surface area contributed by atoms with E-state index in [-0.39, 0.29) is 5.91 Å². The quantitative estimate of drug-likeness (QED) is 0.697. The molecule has 3 aromatic rings. The second kappa shape index (κ2) is 7.92. The summed E-state index contributed by atoms with van der Waals surface area (Å²) in [7, 11) is 2.16. The number of hydrogen-bond donors (Lipinski definition) is 0. The minimum absolute atomic E-state index is 0.115. The monoisotopic (exact) mass is 362 g/mol. The molecule has 0 bridgehead atoms. The number of imidazole rings is 1. The van der Waals surface area contributed by atoms with Crippen LogP contribution < -0.4 is 4.90 Å². The highest BCUT2D eigenvalue weighted by atomic mass is 16.2. The minimum Gasteiger partial charge on any atom is -0.369 e. The smallest absolute Gasteiger partial charge is 0.232 e. The molecule has 0 saturated carbocycles. The van der Waals surface area contributed by atoms with Crippen molar-refractivity contribution in [2.24, 2.45) is 0 Å². The molecular weight excluding hydrogens is 336 g/mol. The van der Waals surface area contributed by atoms with Crippen molar-refractivity contribution in [3.63, 3.8) is 0 Å². The lowest BCUT2D eigenvalue weighted by Gasteiger charge is -2.34. The fourth-order valence-corrected chi connectivity index (χ4v) is 3.67. The Hall–Kier alpha value is -2.66. The summed E-state index contributed by atoms with van der Waals surface area (Å²) < 4.78 is 1.72. The highest BCUT2D eigenvalue weighted by Crippen LogP contribution is 2.23. The maximum atomic E-state index is 12.7. The predicted octanol–water partition coefficient (Wildman–Crippen LogP) is 3.45. The van der Waals surface area contributed by atoms with Crippen LogP contribution in [0.2, 0.25) is 0 Å². The fourth-order valence-electron chi connectivity index (χ4n) is 3.67. The van der Waals surface area contributed by atoms with Crippen molar-refractivity contribution in [2.45, 2.75) is 19.3 Å². The number of nitrogens with zero attached hydrogens (tertiary/aromatic N) is 4. The number of likely N-dealkylation sites (N-methyl/N-ethyl adjacent to an activating group) is 1. The summed E-state index contributed by atoms with van der Waals surface area (Å²) in [6.07, 6.45) is 3.97.